The first-order valence-corrected chi connectivity index (χ1v) is 5.05. The third kappa shape index (κ3) is 1.76. The van der Waals surface area contributed by atoms with Crippen molar-refractivity contribution < 1.29 is 4.74 Å². The molecule has 3 rings (SSSR count). The van der Waals surface area contributed by atoms with Crippen molar-refractivity contribution in [3.63, 3.8) is 0 Å². The van der Waals surface area contributed by atoms with E-state index in [1.165, 1.54) is 16.7 Å². The second-order valence-corrected chi connectivity index (χ2v) is 3.68. The Kier molecular flexibility index (Phi) is 2.00. The molecule has 15 heavy (non-hydrogen) atoms. The molecule has 1 saturated heterocycles. The summed E-state index contributed by atoms with van der Waals surface area (Å²) in [7, 11) is 0. The summed E-state index contributed by atoms with van der Waals surface area (Å²) in [5, 5.41) is 0. The van der Waals surface area contributed by atoms with Gasteiger partial charge in [-0.15, -0.1) is 0 Å². The lowest BCUT2D eigenvalue weighted by Gasteiger charge is -2.01. The third-order valence-electron chi connectivity index (χ3n) is 2.63. The molecule has 1 aliphatic rings. The van der Waals surface area contributed by atoms with Crippen LogP contribution in [0.15, 0.2) is 48.8 Å². The number of pyridine rings is 1. The maximum absolute atomic E-state index is 5.23. The van der Waals surface area contributed by atoms with E-state index < -0.39 is 0 Å². The molecule has 0 unspecified atom stereocenters. The molecule has 1 fully saturated rings. The number of aromatic nitrogens is 1. The number of nitrogens with zero attached hydrogens (tertiary/aromatic N) is 1. The fourth-order valence-corrected chi connectivity index (χ4v) is 1.68. The molecule has 0 amide bonds. The van der Waals surface area contributed by atoms with Crippen LogP contribution in [0.5, 0.6) is 0 Å². The van der Waals surface area contributed by atoms with E-state index >= 15 is 0 Å². The SMILES string of the molecule is c1cc(-c2ccc([C@H]3CO3)cc2)ccn1. The van der Waals surface area contributed by atoms with Gasteiger partial charge < -0.3 is 4.74 Å². The summed E-state index contributed by atoms with van der Waals surface area (Å²) in [5.74, 6) is 0. The van der Waals surface area contributed by atoms with Gasteiger partial charge in [0.2, 0.25) is 0 Å². The van der Waals surface area contributed by atoms with Crippen LogP contribution in [0, 0.1) is 0 Å². The van der Waals surface area contributed by atoms with Crippen molar-refractivity contribution in [3.8, 4) is 11.1 Å². The van der Waals surface area contributed by atoms with Crippen molar-refractivity contribution in [3.05, 3.63) is 54.4 Å². The van der Waals surface area contributed by atoms with Gasteiger partial charge in [-0.05, 0) is 28.8 Å². The van der Waals surface area contributed by atoms with E-state index in [1.807, 2.05) is 24.5 Å². The van der Waals surface area contributed by atoms with Gasteiger partial charge in [0.25, 0.3) is 0 Å². The van der Waals surface area contributed by atoms with Crippen LogP contribution in [0.2, 0.25) is 0 Å². The third-order valence-corrected chi connectivity index (χ3v) is 2.63. The molecule has 1 atom stereocenters. The second-order valence-electron chi connectivity index (χ2n) is 3.68. The van der Waals surface area contributed by atoms with Gasteiger partial charge in [-0.2, -0.15) is 0 Å². The zero-order valence-corrected chi connectivity index (χ0v) is 8.26. The highest BCUT2D eigenvalue weighted by atomic mass is 16.6. The normalized spacial score (nSPS) is 18.8. The molecule has 2 heteroatoms. The number of hydrogen-bond donors (Lipinski definition) is 0. The number of ether oxygens (including phenoxy) is 1. The Labute approximate surface area is 88.5 Å². The fraction of sp³-hybridized carbons (Fsp3) is 0.154. The van der Waals surface area contributed by atoms with E-state index in [1.54, 1.807) is 0 Å². The van der Waals surface area contributed by atoms with Crippen molar-refractivity contribution in [2.45, 2.75) is 6.10 Å². The van der Waals surface area contributed by atoms with Crippen LogP contribution in [-0.4, -0.2) is 11.6 Å². The summed E-state index contributed by atoms with van der Waals surface area (Å²) in [6.07, 6.45) is 3.97. The van der Waals surface area contributed by atoms with Crippen LogP contribution in [-0.2, 0) is 4.74 Å². The minimum Gasteiger partial charge on any atom is -0.368 e. The predicted molar refractivity (Wildman–Crippen MR) is 58.4 cm³/mol. The maximum Gasteiger partial charge on any atom is 0.106 e. The molecule has 1 aromatic heterocycles. The molecule has 1 aromatic carbocycles. The Hall–Kier alpha value is -1.67. The Balaban J connectivity index is 1.93. The van der Waals surface area contributed by atoms with Gasteiger partial charge in [0.1, 0.15) is 6.10 Å². The van der Waals surface area contributed by atoms with E-state index in [9.17, 15) is 0 Å². The van der Waals surface area contributed by atoms with Gasteiger partial charge in [-0.3, -0.25) is 4.98 Å². The minimum absolute atomic E-state index is 0.344. The average molecular weight is 197 g/mol. The number of epoxide rings is 1. The predicted octanol–water partition coefficient (Wildman–Crippen LogP) is 2.82. The quantitative estimate of drug-likeness (QED) is 0.692. The van der Waals surface area contributed by atoms with Crippen LogP contribution in [0.1, 0.15) is 11.7 Å². The summed E-state index contributed by atoms with van der Waals surface area (Å²) < 4.78 is 5.23. The van der Waals surface area contributed by atoms with Gasteiger partial charge in [0.15, 0.2) is 0 Å². The molecule has 0 aliphatic carbocycles. The molecule has 0 bridgehead atoms. The van der Waals surface area contributed by atoms with Crippen LogP contribution in [0.25, 0.3) is 11.1 Å². The lowest BCUT2D eigenvalue weighted by Crippen LogP contribution is -1.82. The fourth-order valence-electron chi connectivity index (χ4n) is 1.68. The van der Waals surface area contributed by atoms with E-state index in [0.29, 0.717) is 6.10 Å². The lowest BCUT2D eigenvalue weighted by molar-refractivity contribution is 0.415. The minimum atomic E-state index is 0.344. The van der Waals surface area contributed by atoms with E-state index in [4.69, 9.17) is 4.74 Å². The van der Waals surface area contributed by atoms with Crippen LogP contribution >= 0.6 is 0 Å². The van der Waals surface area contributed by atoms with Crippen molar-refractivity contribution >= 4 is 0 Å². The first-order valence-electron chi connectivity index (χ1n) is 5.05. The Morgan fingerprint density at radius 3 is 2.13 bits per heavy atom. The van der Waals surface area contributed by atoms with Crippen LogP contribution in [0.3, 0.4) is 0 Å². The van der Waals surface area contributed by atoms with Gasteiger partial charge >= 0.3 is 0 Å². The zero-order chi connectivity index (χ0) is 10.1. The van der Waals surface area contributed by atoms with Crippen molar-refractivity contribution in [2.75, 3.05) is 6.61 Å². The molecular formula is C13H11NO. The molecule has 0 radical (unpaired) electrons. The Bertz CT molecular complexity index is 446. The molecular weight excluding hydrogens is 186 g/mol. The molecule has 0 N–H and O–H groups in total. The van der Waals surface area contributed by atoms with Crippen LogP contribution in [0.4, 0.5) is 0 Å². The summed E-state index contributed by atoms with van der Waals surface area (Å²) in [5.41, 5.74) is 3.70. The van der Waals surface area contributed by atoms with Crippen molar-refractivity contribution in [1.82, 2.24) is 4.98 Å². The smallest absolute Gasteiger partial charge is 0.106 e. The standard InChI is InChI=1S/C13H11NO/c1-3-12(13-9-15-13)4-2-10(1)11-5-7-14-8-6-11/h1-8,13H,9H2/t13-/m1/s1. The number of hydrogen-bond acceptors (Lipinski definition) is 2. The molecule has 2 nitrogen and oxygen atoms in total. The lowest BCUT2D eigenvalue weighted by atomic mass is 10.0. The summed E-state index contributed by atoms with van der Waals surface area (Å²) in [6, 6.07) is 12.6. The van der Waals surface area contributed by atoms with E-state index in [-0.39, 0.29) is 0 Å². The topological polar surface area (TPSA) is 25.4 Å². The molecule has 0 saturated carbocycles. The van der Waals surface area contributed by atoms with E-state index in [0.717, 1.165) is 6.61 Å². The van der Waals surface area contributed by atoms with Crippen molar-refractivity contribution in [1.29, 1.82) is 0 Å². The average Bonchev–Trinajstić information content (AvgIpc) is 3.15. The molecule has 2 aromatic rings. The highest BCUT2D eigenvalue weighted by Crippen LogP contribution is 2.30. The van der Waals surface area contributed by atoms with Gasteiger partial charge in [-0.25, -0.2) is 0 Å². The van der Waals surface area contributed by atoms with Crippen molar-refractivity contribution in [2.24, 2.45) is 0 Å². The van der Waals surface area contributed by atoms with Gasteiger partial charge in [0, 0.05) is 12.4 Å². The maximum atomic E-state index is 5.23. The molecule has 74 valence electrons. The summed E-state index contributed by atoms with van der Waals surface area (Å²) >= 11 is 0. The Morgan fingerprint density at radius 1 is 0.933 bits per heavy atom. The monoisotopic (exact) mass is 197 g/mol. The van der Waals surface area contributed by atoms with Gasteiger partial charge in [-0.1, -0.05) is 24.3 Å². The molecule has 0 spiro atoms. The largest absolute Gasteiger partial charge is 0.368 e. The summed E-state index contributed by atoms with van der Waals surface area (Å²) in [6.45, 7) is 0.870. The second kappa shape index (κ2) is 3.48. The zero-order valence-electron chi connectivity index (χ0n) is 8.26. The molecule has 2 heterocycles. The number of benzene rings is 1. The molecule has 1 aliphatic heterocycles. The first-order chi connectivity index (χ1) is 7.43. The summed E-state index contributed by atoms with van der Waals surface area (Å²) in [4.78, 5) is 4.01. The highest BCUT2D eigenvalue weighted by molar-refractivity contribution is 5.63. The van der Waals surface area contributed by atoms with Gasteiger partial charge in [0.05, 0.1) is 6.61 Å². The Morgan fingerprint density at radius 2 is 1.53 bits per heavy atom. The van der Waals surface area contributed by atoms with E-state index in [2.05, 4.69) is 29.2 Å². The first kappa shape index (κ1) is 8.62. The highest BCUT2D eigenvalue weighted by Gasteiger charge is 2.24. The number of rotatable bonds is 2. The van der Waals surface area contributed by atoms with Crippen LogP contribution < -0.4 is 0 Å².